The van der Waals surface area contributed by atoms with Crippen molar-refractivity contribution in [2.24, 2.45) is 5.92 Å². The topological polar surface area (TPSA) is 95.9 Å². The molecule has 2 N–H and O–H groups in total. The van der Waals surface area contributed by atoms with Crippen LogP contribution in [0.15, 0.2) is 30.7 Å². The number of aromatic nitrogens is 4. The number of amides is 2. The lowest BCUT2D eigenvalue weighted by atomic mass is 9.85. The van der Waals surface area contributed by atoms with Gasteiger partial charge >= 0.3 is 0 Å². The second-order valence-corrected chi connectivity index (χ2v) is 8.28. The summed E-state index contributed by atoms with van der Waals surface area (Å²) in [6.45, 7) is 0.900. The van der Waals surface area contributed by atoms with Gasteiger partial charge < -0.3 is 14.8 Å². The van der Waals surface area contributed by atoms with Crippen molar-refractivity contribution in [2.45, 2.75) is 43.7 Å². The molecule has 1 fully saturated rings. The van der Waals surface area contributed by atoms with E-state index in [2.05, 4.69) is 37.2 Å². The average molecular weight is 398 g/mol. The van der Waals surface area contributed by atoms with Crippen molar-refractivity contribution >= 4 is 11.8 Å². The zero-order valence-corrected chi connectivity index (χ0v) is 16.0. The Morgan fingerprint density at radius 2 is 2.24 bits per heavy atom. The van der Waals surface area contributed by atoms with Crippen LogP contribution in [-0.2, 0) is 10.3 Å². The minimum absolute atomic E-state index is 0.0323. The zero-order valence-electron chi connectivity index (χ0n) is 16.0. The SMILES string of the molecule is O=C(CC1C=CCCC1)NC1CC2(CN(C(=O)c3[nH]ncc3F)C2)n2ccnc21. The summed E-state index contributed by atoms with van der Waals surface area (Å²) in [6, 6.07) is -0.175. The average Bonchev–Trinajstić information content (AvgIpc) is 3.38. The molecular weight excluding hydrogens is 375 g/mol. The second-order valence-electron chi connectivity index (χ2n) is 8.28. The Balaban J connectivity index is 1.25. The number of carbonyl (C=O) groups is 2. The van der Waals surface area contributed by atoms with Gasteiger partial charge in [-0.2, -0.15) is 5.10 Å². The molecule has 0 aromatic carbocycles. The third-order valence-corrected chi connectivity index (χ3v) is 6.28. The molecule has 2 atom stereocenters. The van der Waals surface area contributed by atoms with Crippen molar-refractivity contribution in [3.63, 3.8) is 0 Å². The largest absolute Gasteiger partial charge is 0.346 e. The van der Waals surface area contributed by atoms with Gasteiger partial charge in [-0.25, -0.2) is 9.37 Å². The van der Waals surface area contributed by atoms with Gasteiger partial charge in [-0.05, 0) is 25.2 Å². The summed E-state index contributed by atoms with van der Waals surface area (Å²) < 4.78 is 15.7. The number of likely N-dealkylation sites (tertiary alicyclic amines) is 1. The third kappa shape index (κ3) is 3.04. The molecular formula is C20H23FN6O2. The first-order valence-electron chi connectivity index (χ1n) is 10.0. The van der Waals surface area contributed by atoms with E-state index in [1.54, 1.807) is 11.1 Å². The van der Waals surface area contributed by atoms with Crippen molar-refractivity contribution < 1.29 is 14.0 Å². The molecule has 1 spiro atoms. The van der Waals surface area contributed by atoms with Crippen molar-refractivity contribution in [3.8, 4) is 0 Å². The summed E-state index contributed by atoms with van der Waals surface area (Å²) in [5, 5.41) is 9.14. The van der Waals surface area contributed by atoms with Crippen LogP contribution in [0.5, 0.6) is 0 Å². The smallest absolute Gasteiger partial charge is 0.275 e. The molecule has 8 nitrogen and oxygen atoms in total. The van der Waals surface area contributed by atoms with Crippen LogP contribution in [0, 0.1) is 11.7 Å². The molecule has 4 heterocycles. The lowest BCUT2D eigenvalue weighted by Gasteiger charge is -2.48. The van der Waals surface area contributed by atoms with E-state index in [1.165, 1.54) is 0 Å². The first-order valence-corrected chi connectivity index (χ1v) is 10.0. The van der Waals surface area contributed by atoms with Crippen LogP contribution in [0.25, 0.3) is 0 Å². The number of carbonyl (C=O) groups excluding carboxylic acids is 2. The molecule has 0 radical (unpaired) electrons. The molecule has 5 rings (SSSR count). The number of H-pyrrole nitrogens is 1. The van der Waals surface area contributed by atoms with E-state index in [0.717, 1.165) is 31.3 Å². The quantitative estimate of drug-likeness (QED) is 0.769. The minimum Gasteiger partial charge on any atom is -0.346 e. The minimum atomic E-state index is -0.646. The van der Waals surface area contributed by atoms with Gasteiger partial charge in [0, 0.05) is 38.3 Å². The van der Waals surface area contributed by atoms with Crippen LogP contribution in [0.3, 0.4) is 0 Å². The van der Waals surface area contributed by atoms with E-state index >= 15 is 0 Å². The molecule has 9 heteroatoms. The van der Waals surface area contributed by atoms with E-state index in [4.69, 9.17) is 0 Å². The number of hydrogen-bond donors (Lipinski definition) is 2. The van der Waals surface area contributed by atoms with Gasteiger partial charge in [0.25, 0.3) is 5.91 Å². The summed E-state index contributed by atoms with van der Waals surface area (Å²) in [4.78, 5) is 31.1. The number of allylic oxidation sites excluding steroid dienone is 2. The van der Waals surface area contributed by atoms with Gasteiger partial charge in [0.2, 0.25) is 5.91 Å². The number of nitrogens with one attached hydrogen (secondary N) is 2. The van der Waals surface area contributed by atoms with Crippen LogP contribution < -0.4 is 5.32 Å². The predicted molar refractivity (Wildman–Crippen MR) is 101 cm³/mol. The van der Waals surface area contributed by atoms with Gasteiger partial charge in [-0.1, -0.05) is 12.2 Å². The van der Waals surface area contributed by atoms with Crippen molar-refractivity contribution in [3.05, 3.63) is 48.1 Å². The maximum Gasteiger partial charge on any atom is 0.275 e. The Hall–Kier alpha value is -2.97. The number of imidazole rings is 1. The van der Waals surface area contributed by atoms with Crippen LogP contribution in [0.2, 0.25) is 0 Å². The molecule has 29 heavy (non-hydrogen) atoms. The number of halogens is 1. The Morgan fingerprint density at radius 1 is 1.38 bits per heavy atom. The van der Waals surface area contributed by atoms with Gasteiger partial charge in [-0.3, -0.25) is 14.7 Å². The highest BCUT2D eigenvalue weighted by Crippen LogP contribution is 2.44. The summed E-state index contributed by atoms with van der Waals surface area (Å²) in [6.07, 6.45) is 13.4. The molecule has 3 aliphatic rings. The number of fused-ring (bicyclic) bond motifs is 2. The van der Waals surface area contributed by atoms with E-state index in [9.17, 15) is 14.0 Å². The summed E-state index contributed by atoms with van der Waals surface area (Å²) >= 11 is 0. The third-order valence-electron chi connectivity index (χ3n) is 6.28. The van der Waals surface area contributed by atoms with Crippen LogP contribution in [0.4, 0.5) is 4.39 Å². The number of aromatic amines is 1. The number of hydrogen-bond acceptors (Lipinski definition) is 4. The highest BCUT2D eigenvalue weighted by Gasteiger charge is 2.54. The summed E-state index contributed by atoms with van der Waals surface area (Å²) in [5.41, 5.74) is -0.421. The van der Waals surface area contributed by atoms with E-state index in [-0.39, 0.29) is 23.2 Å². The Bertz CT molecular complexity index is 973. The molecule has 2 aromatic heterocycles. The molecule has 0 bridgehead atoms. The highest BCUT2D eigenvalue weighted by molar-refractivity contribution is 5.93. The maximum atomic E-state index is 13.7. The molecule has 2 aromatic rings. The zero-order chi connectivity index (χ0) is 20.0. The Morgan fingerprint density at radius 3 is 2.97 bits per heavy atom. The molecule has 2 aliphatic heterocycles. The molecule has 152 valence electrons. The summed E-state index contributed by atoms with van der Waals surface area (Å²) in [5.74, 6) is 0.110. The lowest BCUT2D eigenvalue weighted by molar-refractivity contribution is -0.122. The van der Waals surface area contributed by atoms with E-state index in [0.29, 0.717) is 31.8 Å². The van der Waals surface area contributed by atoms with E-state index < -0.39 is 11.7 Å². The van der Waals surface area contributed by atoms with Gasteiger partial charge in [0.1, 0.15) is 5.82 Å². The fourth-order valence-corrected chi connectivity index (χ4v) is 4.87. The Labute approximate surface area is 167 Å². The number of rotatable bonds is 4. The standard InChI is InChI=1S/C20H23FN6O2/c21-14-10-23-25-17(14)19(29)26-11-20(12-26)9-15(18-22-6-7-27(18)20)24-16(28)8-13-4-2-1-3-5-13/h2,4,6-7,10,13,15H,1,3,5,8-9,11-12H2,(H,23,25)(H,24,28). The van der Waals surface area contributed by atoms with Gasteiger partial charge in [0.05, 0.1) is 17.8 Å². The highest BCUT2D eigenvalue weighted by atomic mass is 19.1. The fourth-order valence-electron chi connectivity index (χ4n) is 4.87. The van der Waals surface area contributed by atoms with Crippen molar-refractivity contribution in [1.82, 2.24) is 30.0 Å². The van der Waals surface area contributed by atoms with Crippen molar-refractivity contribution in [1.29, 1.82) is 0 Å². The Kier molecular flexibility index (Phi) is 4.25. The first-order chi connectivity index (χ1) is 14.1. The molecule has 2 amide bonds. The lowest BCUT2D eigenvalue weighted by Crippen LogP contribution is -2.63. The first kappa shape index (κ1) is 18.1. The molecule has 1 saturated heterocycles. The normalized spacial score (nSPS) is 24.4. The van der Waals surface area contributed by atoms with Gasteiger partial charge in [-0.15, -0.1) is 0 Å². The maximum absolute atomic E-state index is 13.7. The van der Waals surface area contributed by atoms with E-state index in [1.807, 2.05) is 6.20 Å². The van der Waals surface area contributed by atoms with Crippen molar-refractivity contribution in [2.75, 3.05) is 13.1 Å². The molecule has 1 aliphatic carbocycles. The number of nitrogens with zero attached hydrogens (tertiary/aromatic N) is 4. The van der Waals surface area contributed by atoms with Crippen LogP contribution >= 0.6 is 0 Å². The van der Waals surface area contributed by atoms with Crippen LogP contribution in [0.1, 0.15) is 54.5 Å². The molecule has 2 unspecified atom stereocenters. The second kappa shape index (κ2) is 6.82. The predicted octanol–water partition coefficient (Wildman–Crippen LogP) is 1.90. The summed E-state index contributed by atoms with van der Waals surface area (Å²) in [7, 11) is 0. The monoisotopic (exact) mass is 398 g/mol. The fraction of sp³-hybridized carbons (Fsp3) is 0.500. The van der Waals surface area contributed by atoms with Gasteiger partial charge in [0.15, 0.2) is 11.5 Å². The molecule has 0 saturated carbocycles. The van der Waals surface area contributed by atoms with Crippen LogP contribution in [-0.4, -0.2) is 49.6 Å².